The molecule has 1 aromatic rings. The summed E-state index contributed by atoms with van der Waals surface area (Å²) < 4.78 is 2.77. The Morgan fingerprint density at radius 3 is 1.39 bits per heavy atom. The minimum absolute atomic E-state index is 0.0162. The van der Waals surface area contributed by atoms with E-state index < -0.39 is 11.9 Å². The van der Waals surface area contributed by atoms with Crippen molar-refractivity contribution < 1.29 is 41.7 Å². The van der Waals surface area contributed by atoms with Crippen molar-refractivity contribution in [2.45, 2.75) is 20.8 Å². The molecular weight excluding hydrogens is 543 g/mol. The maximum atomic E-state index is 10.5. The molecule has 0 bridgehead atoms. The Hall–Kier alpha value is -1.64. The highest BCUT2D eigenvalue weighted by Gasteiger charge is 2.08. The van der Waals surface area contributed by atoms with Crippen LogP contribution in [0.3, 0.4) is 0 Å². The molecule has 0 N–H and O–H groups in total. The third-order valence-electron chi connectivity index (χ3n) is 3.46. The number of rotatable bonds is 8. The summed E-state index contributed by atoms with van der Waals surface area (Å²) in [5.74, 6) is -0.497. The summed E-state index contributed by atoms with van der Waals surface area (Å²) in [6.07, 6.45) is 0. The molecule has 206 valence electrons. The van der Waals surface area contributed by atoms with Gasteiger partial charge in [0.15, 0.2) is 10.2 Å². The second-order valence-corrected chi connectivity index (χ2v) is 12.8. The summed E-state index contributed by atoms with van der Waals surface area (Å²) in [6.45, 7) is 6.29. The van der Waals surface area contributed by atoms with Gasteiger partial charge in [0.1, 0.15) is 0 Å². The Labute approximate surface area is 235 Å². The first-order valence-electron chi connectivity index (χ1n) is 10.7. The second kappa shape index (κ2) is 20.4. The van der Waals surface area contributed by atoms with Gasteiger partial charge in [0.25, 0.3) is 0 Å². The van der Waals surface area contributed by atoms with Crippen molar-refractivity contribution >= 4 is 76.6 Å². The van der Waals surface area contributed by atoms with Crippen molar-refractivity contribution in [1.29, 1.82) is 0 Å². The lowest BCUT2D eigenvalue weighted by Gasteiger charge is -2.22. The van der Waals surface area contributed by atoms with Crippen LogP contribution in [-0.4, -0.2) is 101 Å². The molecule has 0 unspecified atom stereocenters. The number of benzene rings is 1. The van der Waals surface area contributed by atoms with Gasteiger partial charge in [-0.25, -0.2) is 3.35 Å². The first kappa shape index (κ1) is 38.9. The maximum Gasteiger partial charge on any atom is 0.211 e. The van der Waals surface area contributed by atoms with Crippen LogP contribution in [0.4, 0.5) is 5.69 Å². The molecule has 0 aliphatic heterocycles. The van der Waals surface area contributed by atoms with E-state index in [1.807, 2.05) is 0 Å². The monoisotopic (exact) mass is 581 g/mol. The highest BCUT2D eigenvalue weighted by molar-refractivity contribution is 8.13. The van der Waals surface area contributed by atoms with Crippen molar-refractivity contribution in [2.24, 2.45) is 0 Å². The molecule has 0 saturated heterocycles. The highest BCUT2D eigenvalue weighted by Crippen LogP contribution is 2.15. The third-order valence-corrected chi connectivity index (χ3v) is 5.44. The van der Waals surface area contributed by atoms with Crippen molar-refractivity contribution in [2.75, 3.05) is 66.9 Å². The number of carbonyl (C=O) groups is 4. The van der Waals surface area contributed by atoms with E-state index in [9.17, 15) is 19.5 Å². The lowest BCUT2D eigenvalue weighted by atomic mass is 10.2. The lowest BCUT2D eigenvalue weighted by molar-refractivity contribution is -0.867. The number of para-hydroxylation sites is 1. The van der Waals surface area contributed by atoms with E-state index >= 15 is 0 Å². The third kappa shape index (κ3) is 32.4. The molecule has 0 amide bonds. The summed E-state index contributed by atoms with van der Waals surface area (Å²) >= 11 is 12.0. The minimum Gasteiger partial charge on any atom is -0.550 e. The molecule has 0 spiro atoms. The molecule has 1 rings (SSSR count). The van der Waals surface area contributed by atoms with Gasteiger partial charge in [0.2, 0.25) is 5.69 Å². The summed E-state index contributed by atoms with van der Waals surface area (Å²) in [7, 11) is 12.8. The molecule has 1 aromatic carbocycles. The highest BCUT2D eigenvalue weighted by atomic mass is 32.2. The minimum atomic E-state index is -1.27. The number of carbonyl (C=O) groups excluding carboxylic acids is 4. The molecule has 0 aliphatic rings. The predicted molar refractivity (Wildman–Crippen MR) is 148 cm³/mol. The van der Waals surface area contributed by atoms with Crippen LogP contribution >= 0.6 is 23.5 Å². The van der Waals surface area contributed by atoms with Crippen molar-refractivity contribution in [1.82, 2.24) is 0 Å². The van der Waals surface area contributed by atoms with E-state index in [1.165, 1.54) is 35.7 Å². The molecule has 0 atom stereocenters. The van der Waals surface area contributed by atoms with E-state index in [1.54, 1.807) is 26.0 Å². The van der Waals surface area contributed by atoms with Crippen molar-refractivity contribution in [3.8, 4) is 0 Å². The standard InChI is InChI=1S/C7H5NO2S2.2C7H16NOS.C2H4O2/c9-7(10)5-3-1-2-4-6(5)8(11)12;2*1-7(9)10-6-5-8(2,3)4;1-2(3)4/h1-4H,(H,9,10);2*5-6H2,1-4H3;1H3,(H,3,4)/q;2*+1;/p-2. The number of carboxylic acid groups (broad SMARTS) is 2. The number of aliphatic carboxylic acids is 1. The summed E-state index contributed by atoms with van der Waals surface area (Å²) in [6, 6.07) is 6.18. The topological polar surface area (TPSA) is 117 Å². The molecule has 0 heterocycles. The van der Waals surface area contributed by atoms with Crippen LogP contribution in [0.5, 0.6) is 0 Å². The van der Waals surface area contributed by atoms with Gasteiger partial charge in [-0.1, -0.05) is 60.9 Å². The molecular formula is C23H39N3O6S4. The van der Waals surface area contributed by atoms with Gasteiger partial charge < -0.3 is 28.8 Å². The zero-order chi connectivity index (χ0) is 29.1. The number of quaternary nitrogens is 2. The molecule has 0 saturated carbocycles. The quantitative estimate of drug-likeness (QED) is 0.245. The Bertz CT molecular complexity index is 786. The van der Waals surface area contributed by atoms with E-state index in [0.29, 0.717) is 5.69 Å². The Morgan fingerprint density at radius 2 is 1.17 bits per heavy atom. The van der Waals surface area contributed by atoms with Gasteiger partial charge in [0.05, 0.1) is 78.4 Å². The zero-order valence-corrected chi connectivity index (χ0v) is 25.8. The Morgan fingerprint density at radius 1 is 0.833 bits per heavy atom. The van der Waals surface area contributed by atoms with Crippen LogP contribution in [0.1, 0.15) is 31.1 Å². The van der Waals surface area contributed by atoms with E-state index in [2.05, 4.69) is 67.5 Å². The molecule has 0 aliphatic carbocycles. The van der Waals surface area contributed by atoms with Gasteiger partial charge in [-0.2, -0.15) is 0 Å². The van der Waals surface area contributed by atoms with E-state index in [-0.39, 0.29) is 15.8 Å². The Balaban J connectivity index is -0.000000424. The fourth-order valence-corrected chi connectivity index (χ4v) is 3.90. The fraction of sp³-hybridized carbons (Fsp3) is 0.565. The van der Waals surface area contributed by atoms with Gasteiger partial charge in [-0.3, -0.25) is 9.59 Å². The first-order chi connectivity index (χ1) is 16.2. The second-order valence-electron chi connectivity index (χ2n) is 9.26. The number of hydrogen-bond donors (Lipinski definition) is 0. The molecule has 0 radical (unpaired) electrons. The van der Waals surface area contributed by atoms with Crippen LogP contribution in [0.25, 0.3) is 0 Å². The number of thioether (sulfide) groups is 2. The van der Waals surface area contributed by atoms with E-state index in [4.69, 9.17) is 9.90 Å². The maximum absolute atomic E-state index is 10.5. The zero-order valence-electron chi connectivity index (χ0n) is 22.6. The molecule has 13 heteroatoms. The number of nitrogens with zero attached hydrogens (tertiary/aromatic N) is 3. The Kier molecular flexibility index (Phi) is 22.1. The van der Waals surface area contributed by atoms with Crippen LogP contribution in [0.15, 0.2) is 24.3 Å². The van der Waals surface area contributed by atoms with Crippen molar-refractivity contribution in [3.63, 3.8) is 0 Å². The SMILES string of the molecule is CC(=O)SCC[N+](C)(C)C.CC(=O)SCC[N+](C)(C)C.CC(=O)[O-].O=C([O-])c1ccccc1[N+](=S)[S-]. The normalized spacial score (nSPS) is 10.2. The van der Waals surface area contributed by atoms with Crippen LogP contribution in [-0.2, 0) is 39.6 Å². The predicted octanol–water partition coefficient (Wildman–Crippen LogP) is 0.587. The fourth-order valence-electron chi connectivity index (χ4n) is 1.73. The summed E-state index contributed by atoms with van der Waals surface area (Å²) in [5.41, 5.74) is 0.310. The number of aromatic carboxylic acids is 1. The smallest absolute Gasteiger partial charge is 0.211 e. The molecule has 0 aromatic heterocycles. The van der Waals surface area contributed by atoms with Gasteiger partial charge >= 0.3 is 0 Å². The average Bonchev–Trinajstić information content (AvgIpc) is 2.65. The van der Waals surface area contributed by atoms with Crippen LogP contribution in [0, 0.1) is 0 Å². The largest absolute Gasteiger partial charge is 0.550 e. The lowest BCUT2D eigenvalue weighted by Crippen LogP contribution is -2.36. The molecule has 9 nitrogen and oxygen atoms in total. The van der Waals surface area contributed by atoms with Gasteiger partial charge in [-0.05, 0) is 13.0 Å². The van der Waals surface area contributed by atoms with Gasteiger partial charge in [0, 0.05) is 25.9 Å². The first-order valence-corrected chi connectivity index (χ1v) is 13.4. The van der Waals surface area contributed by atoms with Crippen LogP contribution in [0.2, 0.25) is 0 Å². The summed E-state index contributed by atoms with van der Waals surface area (Å²) in [5, 5.41) is 19.8. The molecule has 36 heavy (non-hydrogen) atoms. The van der Waals surface area contributed by atoms with Gasteiger partial charge in [-0.15, -0.1) is 0 Å². The number of carboxylic acids is 2. The van der Waals surface area contributed by atoms with E-state index in [0.717, 1.165) is 43.8 Å². The van der Waals surface area contributed by atoms with Crippen molar-refractivity contribution in [3.05, 3.63) is 29.8 Å². The van der Waals surface area contributed by atoms with Crippen LogP contribution < -0.4 is 10.2 Å². The number of hydrogen-bond acceptors (Lipinski definition) is 10. The summed E-state index contributed by atoms with van der Waals surface area (Å²) in [4.78, 5) is 40.4. The average molecular weight is 582 g/mol. The molecule has 0 fully saturated rings.